The van der Waals surface area contributed by atoms with Crippen LogP contribution in [0.2, 0.25) is 0 Å². The molecule has 11 nitrogen and oxygen atoms in total. The lowest BCUT2D eigenvalue weighted by molar-refractivity contribution is -0.280. The Kier molecular flexibility index (Phi) is 7.21. The Morgan fingerprint density at radius 2 is 2.26 bits per heavy atom. The number of guanidine groups is 1. The highest BCUT2D eigenvalue weighted by Crippen LogP contribution is 2.30. The predicted octanol–water partition coefficient (Wildman–Crippen LogP) is -2.05. The van der Waals surface area contributed by atoms with Gasteiger partial charge in [0.05, 0.1) is 26.0 Å². The van der Waals surface area contributed by atoms with E-state index in [0.29, 0.717) is 18.2 Å². The number of aliphatic hydroxyl groups excluding tert-OH is 3. The molecule has 2 unspecified atom stereocenters. The van der Waals surface area contributed by atoms with E-state index in [1.165, 1.54) is 4.68 Å². The van der Waals surface area contributed by atoms with Crippen molar-refractivity contribution < 1.29 is 24.8 Å². The summed E-state index contributed by atoms with van der Waals surface area (Å²) in [5.74, 6) is 0.942. The number of nitrogens with one attached hydrogen (secondary N) is 2. The van der Waals surface area contributed by atoms with Crippen LogP contribution in [0.4, 0.5) is 0 Å². The summed E-state index contributed by atoms with van der Waals surface area (Å²) >= 11 is 5.67. The van der Waals surface area contributed by atoms with Gasteiger partial charge < -0.3 is 35.4 Å². The zero-order chi connectivity index (χ0) is 19.2. The molecule has 12 heteroatoms. The molecule has 3 rings (SSSR count). The maximum atomic E-state index is 10.5. The zero-order valence-electron chi connectivity index (χ0n) is 14.7. The first kappa shape index (κ1) is 20.2. The quantitative estimate of drug-likeness (QED) is 0.324. The maximum absolute atomic E-state index is 10.5. The summed E-state index contributed by atoms with van der Waals surface area (Å²) in [4.78, 5) is 4.32. The van der Waals surface area contributed by atoms with Crippen LogP contribution in [-0.4, -0.2) is 93.1 Å². The third kappa shape index (κ3) is 4.86. The van der Waals surface area contributed by atoms with Crippen LogP contribution in [-0.2, 0) is 16.0 Å². The lowest BCUT2D eigenvalue weighted by Crippen LogP contribution is -2.57. The number of rotatable bonds is 7. The highest BCUT2D eigenvalue weighted by molar-refractivity contribution is 6.17. The minimum Gasteiger partial charge on any atom is -0.394 e. The second kappa shape index (κ2) is 9.62. The maximum Gasteiger partial charge on any atom is 0.191 e. The molecule has 1 aromatic heterocycles. The standard InChI is InChI=1S/C15H25ClN6O5/c16-2-5-26-14-11(13(25)12(24)10(8-23)27-14)22-7-9(20-21-22)6-19-15-17-3-1-4-18-15/h7,10-14,23-25H,1-6,8H2,(H2,17,18,19)/t10?,11?,12-,13-,14+/m1/s1. The average molecular weight is 405 g/mol. The lowest BCUT2D eigenvalue weighted by Gasteiger charge is -2.41. The van der Waals surface area contributed by atoms with Crippen LogP contribution >= 0.6 is 11.6 Å². The van der Waals surface area contributed by atoms with E-state index in [0.717, 1.165) is 19.5 Å². The molecule has 0 radical (unpaired) electrons. The molecule has 0 spiro atoms. The molecular formula is C15H25ClN6O5. The smallest absolute Gasteiger partial charge is 0.191 e. The van der Waals surface area contributed by atoms with Crippen molar-refractivity contribution in [3.05, 3.63) is 11.9 Å². The highest BCUT2D eigenvalue weighted by atomic mass is 35.5. The lowest BCUT2D eigenvalue weighted by atomic mass is 9.97. The molecule has 0 aromatic carbocycles. The van der Waals surface area contributed by atoms with Crippen molar-refractivity contribution in [2.45, 2.75) is 43.6 Å². The summed E-state index contributed by atoms with van der Waals surface area (Å²) in [5, 5.41) is 44.4. The fourth-order valence-electron chi connectivity index (χ4n) is 3.01. The molecule has 2 aliphatic heterocycles. The van der Waals surface area contributed by atoms with E-state index in [1.807, 2.05) is 0 Å². The predicted molar refractivity (Wildman–Crippen MR) is 95.3 cm³/mol. The van der Waals surface area contributed by atoms with Gasteiger partial charge in [-0.15, -0.1) is 16.7 Å². The van der Waals surface area contributed by atoms with E-state index in [9.17, 15) is 15.3 Å². The summed E-state index contributed by atoms with van der Waals surface area (Å²) in [6, 6.07) is -0.836. The van der Waals surface area contributed by atoms with Crippen LogP contribution in [0.15, 0.2) is 11.2 Å². The van der Waals surface area contributed by atoms with Crippen LogP contribution in [0.3, 0.4) is 0 Å². The molecule has 152 valence electrons. The molecular weight excluding hydrogens is 380 g/mol. The van der Waals surface area contributed by atoms with E-state index in [-0.39, 0.29) is 12.5 Å². The van der Waals surface area contributed by atoms with Crippen LogP contribution in [0, 0.1) is 0 Å². The monoisotopic (exact) mass is 404 g/mol. The average Bonchev–Trinajstić information content (AvgIpc) is 3.16. The Bertz CT molecular complexity index is 632. The molecule has 1 fully saturated rings. The molecule has 0 amide bonds. The van der Waals surface area contributed by atoms with Gasteiger partial charge in [-0.2, -0.15) is 0 Å². The Morgan fingerprint density at radius 1 is 1.41 bits per heavy atom. The molecule has 0 saturated carbocycles. The number of alkyl halides is 1. The fraction of sp³-hybridized carbons (Fsp3) is 0.800. The number of halogens is 1. The Balaban J connectivity index is 1.69. The third-order valence-electron chi connectivity index (χ3n) is 4.41. The van der Waals surface area contributed by atoms with E-state index < -0.39 is 37.3 Å². The van der Waals surface area contributed by atoms with Gasteiger partial charge in [-0.25, -0.2) is 4.68 Å². The van der Waals surface area contributed by atoms with Gasteiger partial charge in [-0.05, 0) is 6.42 Å². The molecule has 0 aliphatic carbocycles. The van der Waals surface area contributed by atoms with Gasteiger partial charge in [0.1, 0.15) is 30.0 Å². The van der Waals surface area contributed by atoms with Crippen molar-refractivity contribution in [1.82, 2.24) is 25.6 Å². The summed E-state index contributed by atoms with van der Waals surface area (Å²) in [5.41, 5.74) is 0.618. The van der Waals surface area contributed by atoms with Crippen molar-refractivity contribution in [2.75, 3.05) is 32.2 Å². The Morgan fingerprint density at radius 3 is 2.96 bits per heavy atom. The molecule has 1 saturated heterocycles. The summed E-state index contributed by atoms with van der Waals surface area (Å²) in [6.45, 7) is 1.76. The topological polar surface area (TPSA) is 146 Å². The van der Waals surface area contributed by atoms with E-state index in [1.54, 1.807) is 6.20 Å². The number of aliphatic imine (C=N–C) groups is 1. The summed E-state index contributed by atoms with van der Waals surface area (Å²) in [6.07, 6.45) is -1.81. The van der Waals surface area contributed by atoms with Crippen LogP contribution < -0.4 is 10.6 Å². The first-order chi connectivity index (χ1) is 13.1. The normalized spacial score (nSPS) is 31.3. The Labute approximate surface area is 161 Å². The van der Waals surface area contributed by atoms with Gasteiger partial charge in [0, 0.05) is 19.0 Å². The summed E-state index contributed by atoms with van der Waals surface area (Å²) < 4.78 is 12.5. The SMILES string of the molecule is OCC1O[C@H](OCCCl)C(n2cc(CNC3=NCCCN3)nn2)[C@@H](O)[C@@H]1O. The van der Waals surface area contributed by atoms with Crippen molar-refractivity contribution in [3.63, 3.8) is 0 Å². The molecule has 5 atom stereocenters. The minimum absolute atomic E-state index is 0.179. The van der Waals surface area contributed by atoms with E-state index in [2.05, 4.69) is 25.9 Å². The van der Waals surface area contributed by atoms with E-state index in [4.69, 9.17) is 21.1 Å². The van der Waals surface area contributed by atoms with Crippen molar-refractivity contribution in [3.8, 4) is 0 Å². The molecule has 1 aromatic rings. The molecule has 3 heterocycles. The number of hydrogen-bond donors (Lipinski definition) is 5. The van der Waals surface area contributed by atoms with Gasteiger partial charge in [-0.1, -0.05) is 5.21 Å². The first-order valence-corrected chi connectivity index (χ1v) is 9.40. The number of hydrogen-bond acceptors (Lipinski definition) is 10. The van der Waals surface area contributed by atoms with Crippen molar-refractivity contribution >= 4 is 17.6 Å². The first-order valence-electron chi connectivity index (χ1n) is 8.87. The van der Waals surface area contributed by atoms with Gasteiger partial charge in [0.25, 0.3) is 0 Å². The number of nitrogens with zero attached hydrogens (tertiary/aromatic N) is 4. The largest absolute Gasteiger partial charge is 0.394 e. The number of aromatic nitrogens is 3. The molecule has 0 bridgehead atoms. The fourth-order valence-corrected chi connectivity index (χ4v) is 3.10. The molecule has 5 N–H and O–H groups in total. The number of ether oxygens (including phenoxy) is 2. The van der Waals surface area contributed by atoms with Crippen molar-refractivity contribution in [2.24, 2.45) is 4.99 Å². The summed E-state index contributed by atoms with van der Waals surface area (Å²) in [7, 11) is 0. The second-order valence-electron chi connectivity index (χ2n) is 6.31. The van der Waals surface area contributed by atoms with Gasteiger partial charge >= 0.3 is 0 Å². The second-order valence-corrected chi connectivity index (χ2v) is 6.69. The zero-order valence-corrected chi connectivity index (χ0v) is 15.5. The van der Waals surface area contributed by atoms with Crippen LogP contribution in [0.5, 0.6) is 0 Å². The van der Waals surface area contributed by atoms with Gasteiger partial charge in [-0.3, -0.25) is 4.99 Å². The molecule has 27 heavy (non-hydrogen) atoms. The highest BCUT2D eigenvalue weighted by Gasteiger charge is 2.46. The van der Waals surface area contributed by atoms with Crippen LogP contribution in [0.25, 0.3) is 0 Å². The van der Waals surface area contributed by atoms with Crippen LogP contribution in [0.1, 0.15) is 18.2 Å². The minimum atomic E-state index is -1.29. The van der Waals surface area contributed by atoms with Gasteiger partial charge in [0.15, 0.2) is 12.2 Å². The Hall–Kier alpha value is -1.50. The van der Waals surface area contributed by atoms with E-state index >= 15 is 0 Å². The molecule has 2 aliphatic rings. The third-order valence-corrected chi connectivity index (χ3v) is 4.56. The van der Waals surface area contributed by atoms with Gasteiger partial charge in [0.2, 0.25) is 0 Å². The number of aliphatic hydroxyl groups is 3. The van der Waals surface area contributed by atoms with Crippen molar-refractivity contribution in [1.29, 1.82) is 0 Å².